The first kappa shape index (κ1) is 19.2. The zero-order valence-electron chi connectivity index (χ0n) is 16.9. The number of fused-ring (bicyclic) bond motifs is 1. The van der Waals surface area contributed by atoms with E-state index in [1.807, 2.05) is 13.0 Å². The Morgan fingerprint density at radius 3 is 2.80 bits per heavy atom. The van der Waals surface area contributed by atoms with E-state index < -0.39 is 12.0 Å². The minimum atomic E-state index is -0.889. The summed E-state index contributed by atoms with van der Waals surface area (Å²) >= 11 is 0. The smallest absolute Gasteiger partial charge is 0.228 e. The lowest BCUT2D eigenvalue weighted by atomic mass is 10.0. The number of phenolic OH excluding ortho intramolecular Hbond substituents is 1. The number of aromatic nitrogens is 3. The van der Waals surface area contributed by atoms with E-state index in [-0.39, 0.29) is 23.0 Å². The topological polar surface area (TPSA) is 65.7 Å². The van der Waals surface area contributed by atoms with Crippen LogP contribution >= 0.6 is 0 Å². The van der Waals surface area contributed by atoms with E-state index in [4.69, 9.17) is 0 Å². The normalized spacial score (nSPS) is 22.5. The lowest BCUT2D eigenvalue weighted by Gasteiger charge is -2.34. The number of halogens is 2. The predicted molar refractivity (Wildman–Crippen MR) is 111 cm³/mol. The summed E-state index contributed by atoms with van der Waals surface area (Å²) in [6.45, 7) is 3.98. The van der Waals surface area contributed by atoms with Crippen LogP contribution in [-0.4, -0.2) is 56.5 Å². The van der Waals surface area contributed by atoms with Crippen LogP contribution in [0.2, 0.25) is 0 Å². The van der Waals surface area contributed by atoms with Crippen molar-refractivity contribution in [1.82, 2.24) is 19.5 Å². The molecule has 0 bridgehead atoms. The quantitative estimate of drug-likeness (QED) is 0.663. The van der Waals surface area contributed by atoms with Crippen molar-refractivity contribution < 1.29 is 13.9 Å². The highest BCUT2D eigenvalue weighted by Gasteiger charge is 2.29. The summed E-state index contributed by atoms with van der Waals surface area (Å²) in [6, 6.07) is 6.65. The Labute approximate surface area is 173 Å². The van der Waals surface area contributed by atoms with Gasteiger partial charge in [-0.2, -0.15) is 0 Å². The Hall–Kier alpha value is -2.74. The Morgan fingerprint density at radius 2 is 2.07 bits per heavy atom. The van der Waals surface area contributed by atoms with E-state index >= 15 is 0 Å². The molecule has 2 fully saturated rings. The third-order valence-electron chi connectivity index (χ3n) is 6.10. The van der Waals surface area contributed by atoms with Gasteiger partial charge in [-0.15, -0.1) is 10.2 Å². The third kappa shape index (κ3) is 3.49. The van der Waals surface area contributed by atoms with Crippen LogP contribution in [0.1, 0.15) is 37.7 Å². The van der Waals surface area contributed by atoms with Gasteiger partial charge in [-0.1, -0.05) is 6.92 Å². The molecule has 3 heterocycles. The van der Waals surface area contributed by atoms with Gasteiger partial charge >= 0.3 is 0 Å². The van der Waals surface area contributed by atoms with Gasteiger partial charge in [-0.05, 0) is 55.1 Å². The Kier molecular flexibility index (Phi) is 4.81. The molecule has 1 aromatic carbocycles. The van der Waals surface area contributed by atoms with Crippen molar-refractivity contribution in [2.24, 2.45) is 0 Å². The molecule has 1 saturated carbocycles. The van der Waals surface area contributed by atoms with Gasteiger partial charge < -0.3 is 10.4 Å². The first-order valence-corrected chi connectivity index (χ1v) is 10.5. The van der Waals surface area contributed by atoms with Crippen molar-refractivity contribution in [2.45, 2.75) is 44.3 Å². The van der Waals surface area contributed by atoms with Crippen LogP contribution < -0.4 is 5.32 Å². The van der Waals surface area contributed by atoms with Crippen molar-refractivity contribution >= 4 is 11.5 Å². The molecule has 2 atom stereocenters. The van der Waals surface area contributed by atoms with Crippen molar-refractivity contribution in [3.05, 3.63) is 41.8 Å². The fourth-order valence-corrected chi connectivity index (χ4v) is 4.40. The number of phenols is 1. The lowest BCUT2D eigenvalue weighted by molar-refractivity contribution is 0.134. The number of nitrogens with zero attached hydrogens (tertiary/aromatic N) is 4. The van der Waals surface area contributed by atoms with Crippen LogP contribution in [0.15, 0.2) is 30.5 Å². The Morgan fingerprint density at radius 1 is 1.23 bits per heavy atom. The van der Waals surface area contributed by atoms with Crippen LogP contribution in [0, 0.1) is 5.82 Å². The average Bonchev–Trinajstić information content (AvgIpc) is 3.44. The molecule has 1 saturated heterocycles. The van der Waals surface area contributed by atoms with Gasteiger partial charge in [-0.3, -0.25) is 9.30 Å². The number of benzene rings is 1. The molecule has 5 rings (SSSR count). The molecule has 1 aliphatic heterocycles. The lowest BCUT2D eigenvalue weighted by Crippen LogP contribution is -2.47. The molecular weight excluding hydrogens is 388 g/mol. The fourth-order valence-electron chi connectivity index (χ4n) is 4.40. The molecular formula is C22H25F2N5O. The number of alkyl halides is 1. The van der Waals surface area contributed by atoms with E-state index in [0.29, 0.717) is 30.3 Å². The highest BCUT2D eigenvalue weighted by Crippen LogP contribution is 2.44. The highest BCUT2D eigenvalue weighted by atomic mass is 19.1. The molecule has 158 valence electrons. The van der Waals surface area contributed by atoms with Crippen molar-refractivity contribution in [3.63, 3.8) is 0 Å². The van der Waals surface area contributed by atoms with Gasteiger partial charge in [0, 0.05) is 31.7 Å². The average molecular weight is 413 g/mol. The van der Waals surface area contributed by atoms with E-state index in [0.717, 1.165) is 31.5 Å². The van der Waals surface area contributed by atoms with Gasteiger partial charge in [0.25, 0.3) is 0 Å². The molecule has 8 heteroatoms. The molecule has 0 amide bonds. The standard InChI is InChI=1S/C22H25F2N5O/c1-2-28-11-15(23)10-16(12-28)25-22-27-26-21(18-4-3-7-29(18)22)20-17(24)8-14(9-19(20)30)13-5-6-13/h3-4,7-9,13,15-16,30H,2,5-6,10-12H2,1H3,(H,25,27)/t15-,16-/m1/s1. The zero-order valence-corrected chi connectivity index (χ0v) is 16.9. The SMILES string of the molecule is CCN1C[C@H](F)C[C@@H](Nc2nnc(-c3c(O)cc(C4CC4)cc3F)c3cccn23)C1. The molecule has 0 radical (unpaired) electrons. The number of piperidine rings is 1. The molecule has 2 aliphatic rings. The summed E-state index contributed by atoms with van der Waals surface area (Å²) in [5.41, 5.74) is 1.79. The largest absolute Gasteiger partial charge is 0.507 e. The van der Waals surface area contributed by atoms with Crippen LogP contribution in [0.3, 0.4) is 0 Å². The van der Waals surface area contributed by atoms with Gasteiger partial charge in [0.15, 0.2) is 0 Å². The highest BCUT2D eigenvalue weighted by molar-refractivity contribution is 5.81. The number of aromatic hydroxyl groups is 1. The molecule has 0 spiro atoms. The van der Waals surface area contributed by atoms with Gasteiger partial charge in [0.05, 0.1) is 11.1 Å². The first-order chi connectivity index (χ1) is 14.5. The summed E-state index contributed by atoms with van der Waals surface area (Å²) in [6.07, 6.45) is 3.37. The number of anilines is 1. The Bertz CT molecular complexity index is 1060. The second kappa shape index (κ2) is 7.50. The van der Waals surface area contributed by atoms with Crippen molar-refractivity contribution in [2.75, 3.05) is 25.0 Å². The van der Waals surface area contributed by atoms with E-state index in [9.17, 15) is 13.9 Å². The van der Waals surface area contributed by atoms with Crippen LogP contribution in [0.25, 0.3) is 16.8 Å². The number of likely N-dealkylation sites (N-methyl/N-ethyl adjacent to an activating group) is 1. The number of rotatable bonds is 5. The van der Waals surface area contributed by atoms with E-state index in [1.165, 1.54) is 6.07 Å². The van der Waals surface area contributed by atoms with Gasteiger partial charge in [-0.25, -0.2) is 8.78 Å². The Balaban J connectivity index is 1.49. The molecule has 6 nitrogen and oxygen atoms in total. The van der Waals surface area contributed by atoms with Crippen LogP contribution in [-0.2, 0) is 0 Å². The maximum absolute atomic E-state index is 14.9. The third-order valence-corrected chi connectivity index (χ3v) is 6.10. The van der Waals surface area contributed by atoms with Crippen molar-refractivity contribution in [3.8, 4) is 17.0 Å². The number of hydrogen-bond acceptors (Lipinski definition) is 5. The molecule has 3 aromatic rings. The maximum Gasteiger partial charge on any atom is 0.228 e. The summed E-state index contributed by atoms with van der Waals surface area (Å²) < 4.78 is 30.8. The molecule has 1 aliphatic carbocycles. The molecule has 30 heavy (non-hydrogen) atoms. The summed E-state index contributed by atoms with van der Waals surface area (Å²) in [7, 11) is 0. The van der Waals surface area contributed by atoms with Gasteiger partial charge in [0.1, 0.15) is 23.4 Å². The fraction of sp³-hybridized carbons (Fsp3) is 0.455. The second-order valence-electron chi connectivity index (χ2n) is 8.33. The number of nitrogens with one attached hydrogen (secondary N) is 1. The van der Waals surface area contributed by atoms with E-state index in [1.54, 1.807) is 22.7 Å². The molecule has 2 N–H and O–H groups in total. The summed E-state index contributed by atoms with van der Waals surface area (Å²) in [4.78, 5) is 2.06. The van der Waals surface area contributed by atoms with Crippen molar-refractivity contribution in [1.29, 1.82) is 0 Å². The second-order valence-corrected chi connectivity index (χ2v) is 8.33. The predicted octanol–water partition coefficient (Wildman–Crippen LogP) is 3.96. The van der Waals surface area contributed by atoms with Crippen LogP contribution in [0.4, 0.5) is 14.7 Å². The maximum atomic E-state index is 14.9. The minimum Gasteiger partial charge on any atom is -0.507 e. The number of hydrogen-bond donors (Lipinski definition) is 2. The zero-order chi connectivity index (χ0) is 20.8. The minimum absolute atomic E-state index is 0.0563. The number of likely N-dealkylation sites (tertiary alicyclic amines) is 1. The van der Waals surface area contributed by atoms with E-state index in [2.05, 4.69) is 20.4 Å². The molecule has 0 unspecified atom stereocenters. The molecule has 2 aromatic heterocycles. The van der Waals surface area contributed by atoms with Crippen LogP contribution in [0.5, 0.6) is 5.75 Å². The summed E-state index contributed by atoms with van der Waals surface area (Å²) in [5, 5.41) is 22.3. The summed E-state index contributed by atoms with van der Waals surface area (Å²) in [5.74, 6) is 0.189. The van der Waals surface area contributed by atoms with Gasteiger partial charge in [0.2, 0.25) is 5.95 Å². The first-order valence-electron chi connectivity index (χ1n) is 10.5. The monoisotopic (exact) mass is 413 g/mol.